The van der Waals surface area contributed by atoms with E-state index in [1.165, 1.54) is 12.1 Å². The number of aromatic carboxylic acids is 2. The van der Waals surface area contributed by atoms with Gasteiger partial charge in [0.05, 0.1) is 16.1 Å². The van der Waals surface area contributed by atoms with Crippen LogP contribution in [0.4, 0.5) is 10.1 Å². The van der Waals surface area contributed by atoms with Crippen LogP contribution in [0.25, 0.3) is 0 Å². The second-order valence-corrected chi connectivity index (χ2v) is 5.32. The zero-order valence-corrected chi connectivity index (χ0v) is 12.0. The molecule has 0 unspecified atom stereocenters. The maximum atomic E-state index is 13.2. The normalized spacial score (nSPS) is 10.3. The second-order valence-electron chi connectivity index (χ2n) is 4.26. The fourth-order valence-corrected chi connectivity index (χ4v) is 2.94. The van der Waals surface area contributed by atoms with Crippen molar-refractivity contribution in [2.24, 2.45) is 0 Å². The largest absolute Gasteiger partial charge is 0.478 e. The SMILES string of the molecule is O=C(O)c1cc(F)ccc1Sc1c(C(=O)O)cccc1[N+](=O)[O-]. The van der Waals surface area contributed by atoms with Gasteiger partial charge in [0, 0.05) is 11.0 Å². The summed E-state index contributed by atoms with van der Waals surface area (Å²) >= 11 is 0.591. The number of carboxylic acid groups (broad SMARTS) is 2. The van der Waals surface area contributed by atoms with E-state index in [0.29, 0.717) is 11.8 Å². The summed E-state index contributed by atoms with van der Waals surface area (Å²) in [4.78, 5) is 32.5. The number of nitro benzene ring substituents is 1. The highest BCUT2D eigenvalue weighted by Crippen LogP contribution is 2.39. The van der Waals surface area contributed by atoms with Crippen molar-refractivity contribution in [2.75, 3.05) is 0 Å². The molecule has 0 aromatic heterocycles. The summed E-state index contributed by atoms with van der Waals surface area (Å²) < 4.78 is 13.2. The van der Waals surface area contributed by atoms with E-state index in [-0.39, 0.29) is 15.4 Å². The molecule has 0 heterocycles. The molecule has 2 aromatic rings. The number of nitrogens with zero attached hydrogens (tertiary/aromatic N) is 1. The van der Waals surface area contributed by atoms with Gasteiger partial charge in [-0.25, -0.2) is 14.0 Å². The van der Waals surface area contributed by atoms with Crippen molar-refractivity contribution in [2.45, 2.75) is 9.79 Å². The summed E-state index contributed by atoms with van der Waals surface area (Å²) in [6, 6.07) is 6.38. The molecule has 0 saturated heterocycles. The third-order valence-corrected chi connectivity index (χ3v) is 4.01. The Labute approximate surface area is 132 Å². The molecule has 0 radical (unpaired) electrons. The van der Waals surface area contributed by atoms with Crippen LogP contribution in [0.2, 0.25) is 0 Å². The average molecular weight is 337 g/mol. The number of benzene rings is 2. The number of rotatable bonds is 5. The molecule has 0 aliphatic heterocycles. The van der Waals surface area contributed by atoms with E-state index in [9.17, 15) is 24.1 Å². The molecule has 23 heavy (non-hydrogen) atoms. The van der Waals surface area contributed by atoms with Gasteiger partial charge >= 0.3 is 11.9 Å². The topological polar surface area (TPSA) is 118 Å². The molecule has 0 saturated carbocycles. The van der Waals surface area contributed by atoms with Gasteiger partial charge in [-0.15, -0.1) is 0 Å². The predicted octanol–water partition coefficient (Wildman–Crippen LogP) is 3.28. The highest BCUT2D eigenvalue weighted by atomic mass is 32.2. The Kier molecular flexibility index (Phi) is 4.60. The van der Waals surface area contributed by atoms with E-state index >= 15 is 0 Å². The first kappa shape index (κ1) is 16.4. The van der Waals surface area contributed by atoms with Crippen molar-refractivity contribution in [1.29, 1.82) is 0 Å². The molecule has 118 valence electrons. The van der Waals surface area contributed by atoms with Crippen LogP contribution in [0.1, 0.15) is 20.7 Å². The summed E-state index contributed by atoms with van der Waals surface area (Å²) in [7, 11) is 0. The third kappa shape index (κ3) is 3.46. The van der Waals surface area contributed by atoms with Crippen LogP contribution in [0, 0.1) is 15.9 Å². The van der Waals surface area contributed by atoms with Crippen LogP contribution in [-0.4, -0.2) is 27.1 Å². The molecule has 2 aromatic carbocycles. The van der Waals surface area contributed by atoms with Crippen molar-refractivity contribution in [3.8, 4) is 0 Å². The van der Waals surface area contributed by atoms with Crippen LogP contribution in [0.3, 0.4) is 0 Å². The van der Waals surface area contributed by atoms with Crippen molar-refractivity contribution >= 4 is 29.4 Å². The maximum absolute atomic E-state index is 13.2. The van der Waals surface area contributed by atoms with Crippen molar-refractivity contribution in [1.82, 2.24) is 0 Å². The van der Waals surface area contributed by atoms with E-state index in [4.69, 9.17) is 10.2 Å². The Morgan fingerprint density at radius 3 is 2.30 bits per heavy atom. The zero-order chi connectivity index (χ0) is 17.1. The highest BCUT2D eigenvalue weighted by molar-refractivity contribution is 7.99. The van der Waals surface area contributed by atoms with Gasteiger partial charge in [0.15, 0.2) is 0 Å². The smallest absolute Gasteiger partial charge is 0.337 e. The Morgan fingerprint density at radius 2 is 1.74 bits per heavy atom. The number of hydrogen-bond donors (Lipinski definition) is 2. The van der Waals surface area contributed by atoms with Gasteiger partial charge in [0.25, 0.3) is 5.69 Å². The van der Waals surface area contributed by atoms with E-state index in [0.717, 1.165) is 24.3 Å². The van der Waals surface area contributed by atoms with Gasteiger partial charge in [0.2, 0.25) is 0 Å². The molecule has 9 heteroatoms. The first-order valence-electron chi connectivity index (χ1n) is 6.02. The fraction of sp³-hybridized carbons (Fsp3) is 0. The molecule has 2 N–H and O–H groups in total. The summed E-state index contributed by atoms with van der Waals surface area (Å²) in [6.07, 6.45) is 0. The highest BCUT2D eigenvalue weighted by Gasteiger charge is 2.24. The maximum Gasteiger partial charge on any atom is 0.337 e. The van der Waals surface area contributed by atoms with Crippen molar-refractivity contribution in [3.05, 3.63) is 63.5 Å². The summed E-state index contributed by atoms with van der Waals surface area (Å²) in [5.74, 6) is -3.61. The lowest BCUT2D eigenvalue weighted by atomic mass is 10.2. The van der Waals surface area contributed by atoms with E-state index < -0.39 is 33.9 Å². The Balaban J connectivity index is 2.63. The van der Waals surface area contributed by atoms with Gasteiger partial charge in [-0.2, -0.15) is 0 Å². The molecule has 0 aliphatic rings. The summed E-state index contributed by atoms with van der Waals surface area (Å²) in [5.41, 5.74) is -1.23. The number of hydrogen-bond acceptors (Lipinski definition) is 5. The second kappa shape index (κ2) is 6.44. The molecular weight excluding hydrogens is 329 g/mol. The minimum Gasteiger partial charge on any atom is -0.478 e. The van der Waals surface area contributed by atoms with Gasteiger partial charge in [-0.1, -0.05) is 17.8 Å². The van der Waals surface area contributed by atoms with Crippen molar-refractivity contribution in [3.63, 3.8) is 0 Å². The molecule has 0 amide bonds. The lowest BCUT2D eigenvalue weighted by molar-refractivity contribution is -0.387. The fourth-order valence-electron chi connectivity index (χ4n) is 1.81. The molecule has 0 spiro atoms. The number of halogens is 1. The van der Waals surface area contributed by atoms with E-state index in [1.807, 2.05) is 0 Å². The van der Waals surface area contributed by atoms with Crippen LogP contribution in [0.5, 0.6) is 0 Å². The Bertz CT molecular complexity index is 791. The number of carboxylic acids is 2. The molecule has 0 atom stereocenters. The Morgan fingerprint density at radius 1 is 1.09 bits per heavy atom. The van der Waals surface area contributed by atoms with Gasteiger partial charge < -0.3 is 10.2 Å². The summed E-state index contributed by atoms with van der Waals surface area (Å²) in [5, 5.41) is 29.3. The van der Waals surface area contributed by atoms with Crippen molar-refractivity contribution < 1.29 is 29.1 Å². The van der Waals surface area contributed by atoms with Crippen LogP contribution < -0.4 is 0 Å². The minimum absolute atomic E-state index is 0.00398. The molecular formula is C14H8FNO6S. The monoisotopic (exact) mass is 337 g/mol. The van der Waals surface area contributed by atoms with Crippen LogP contribution in [-0.2, 0) is 0 Å². The quantitative estimate of drug-likeness (QED) is 0.635. The first-order chi connectivity index (χ1) is 10.8. The number of nitro groups is 1. The predicted molar refractivity (Wildman–Crippen MR) is 77.5 cm³/mol. The minimum atomic E-state index is -1.43. The van der Waals surface area contributed by atoms with Gasteiger partial charge in [0.1, 0.15) is 10.7 Å². The van der Waals surface area contributed by atoms with Crippen LogP contribution >= 0.6 is 11.8 Å². The Hall–Kier alpha value is -2.94. The summed E-state index contributed by atoms with van der Waals surface area (Å²) in [6.45, 7) is 0. The lowest BCUT2D eigenvalue weighted by Gasteiger charge is -2.09. The molecule has 2 rings (SSSR count). The molecule has 0 fully saturated rings. The average Bonchev–Trinajstić information content (AvgIpc) is 2.48. The molecule has 7 nitrogen and oxygen atoms in total. The molecule has 0 bridgehead atoms. The van der Waals surface area contributed by atoms with E-state index in [1.54, 1.807) is 0 Å². The lowest BCUT2D eigenvalue weighted by Crippen LogP contribution is -2.04. The number of carbonyl (C=O) groups is 2. The first-order valence-corrected chi connectivity index (χ1v) is 6.84. The third-order valence-electron chi connectivity index (χ3n) is 2.81. The van der Waals surface area contributed by atoms with Gasteiger partial charge in [-0.05, 0) is 24.3 Å². The molecule has 0 aliphatic carbocycles. The van der Waals surface area contributed by atoms with E-state index in [2.05, 4.69) is 0 Å². The zero-order valence-electron chi connectivity index (χ0n) is 11.2. The van der Waals surface area contributed by atoms with Crippen LogP contribution in [0.15, 0.2) is 46.2 Å². The standard InChI is InChI=1S/C14H8FNO6S/c15-7-4-5-11(9(6-7)14(19)20)23-12-8(13(17)18)2-1-3-10(12)16(21)22/h1-6H,(H,17,18)(H,19,20). The van der Waals surface area contributed by atoms with Gasteiger partial charge in [-0.3, -0.25) is 10.1 Å².